The van der Waals surface area contributed by atoms with Gasteiger partial charge < -0.3 is 10.8 Å². The molecule has 0 amide bonds. The molecule has 0 saturated heterocycles. The summed E-state index contributed by atoms with van der Waals surface area (Å²) in [7, 11) is 0. The zero-order valence-corrected chi connectivity index (χ0v) is 5.52. The molecule has 0 aliphatic carbocycles. The maximum Gasteiger partial charge on any atom is 0.0468 e. The first kappa shape index (κ1) is 10.3. The van der Waals surface area contributed by atoms with Gasteiger partial charge >= 0.3 is 0 Å². The monoisotopic (exact) mass is 123 g/mol. The Hall–Kier alpha value is 0.270. The fraction of sp³-hybridized carbons (Fsp3) is 1.00. The van der Waals surface area contributed by atoms with Gasteiger partial charge in [-0.05, 0) is 12.5 Å². The molecule has 0 rings (SSSR count). The average Bonchev–Trinajstić information content (AvgIpc) is 1.65. The Morgan fingerprint density at radius 1 is 1.71 bits per heavy atom. The number of aliphatic hydroxyl groups excluding tert-OH is 1. The van der Waals surface area contributed by atoms with Crippen LogP contribution in [0.5, 0.6) is 0 Å². The number of aliphatic hydroxyl groups is 1. The van der Waals surface area contributed by atoms with Gasteiger partial charge in [0, 0.05) is 6.61 Å². The number of hydrogen-bond donors (Lipinski definition) is 2. The van der Waals surface area contributed by atoms with Crippen LogP contribution in [-0.4, -0.2) is 18.3 Å². The van der Waals surface area contributed by atoms with E-state index in [1.807, 2.05) is 6.92 Å². The molecule has 0 aromatic heterocycles. The molecule has 0 aliphatic rings. The second-order valence-corrected chi connectivity index (χ2v) is 1.52. The lowest BCUT2D eigenvalue weighted by atomic mass is 10.2. The third-order valence-electron chi connectivity index (χ3n) is 0.714. The van der Waals surface area contributed by atoms with Crippen molar-refractivity contribution in [2.75, 3.05) is 13.2 Å². The Morgan fingerprint density at radius 2 is 2.14 bits per heavy atom. The predicted octanol–water partition coefficient (Wildman–Crippen LogP) is -0.314. The Labute approximate surface area is 51.2 Å². The van der Waals surface area contributed by atoms with E-state index in [0.29, 0.717) is 6.54 Å². The van der Waals surface area contributed by atoms with E-state index in [1.165, 1.54) is 0 Å². The van der Waals surface area contributed by atoms with Gasteiger partial charge in [0.05, 0.1) is 0 Å². The van der Waals surface area contributed by atoms with Gasteiger partial charge in [-0.25, -0.2) is 0 Å². The molecule has 46 valence electrons. The Kier molecular flexibility index (Phi) is 9.22. The van der Waals surface area contributed by atoms with Crippen molar-refractivity contribution >= 4 is 13.5 Å². The normalized spacial score (nSPS) is 12.4. The molecule has 0 fully saturated rings. The molecule has 3 N–H and O–H groups in total. The zero-order valence-electron chi connectivity index (χ0n) is 4.52. The van der Waals surface area contributed by atoms with Gasteiger partial charge in [-0.3, -0.25) is 0 Å². The molecule has 1 atom stereocenters. The highest BCUT2D eigenvalue weighted by atomic mass is 32.1. The summed E-state index contributed by atoms with van der Waals surface area (Å²) in [4.78, 5) is 0. The molecule has 0 saturated carbocycles. The minimum absolute atomic E-state index is 0. The van der Waals surface area contributed by atoms with Crippen LogP contribution in [0.3, 0.4) is 0 Å². The van der Waals surface area contributed by atoms with Gasteiger partial charge in [0.25, 0.3) is 0 Å². The molecule has 0 aliphatic heterocycles. The highest BCUT2D eigenvalue weighted by molar-refractivity contribution is 7.59. The summed E-state index contributed by atoms with van der Waals surface area (Å²) >= 11 is 0. The molecule has 0 heterocycles. The van der Waals surface area contributed by atoms with Gasteiger partial charge in [0.2, 0.25) is 0 Å². The first-order valence-corrected chi connectivity index (χ1v) is 2.12. The number of rotatable bonds is 2. The molecule has 2 nitrogen and oxygen atoms in total. The van der Waals surface area contributed by atoms with E-state index in [0.717, 1.165) is 0 Å². The summed E-state index contributed by atoms with van der Waals surface area (Å²) in [5.41, 5.74) is 5.12. The second-order valence-electron chi connectivity index (χ2n) is 1.52. The van der Waals surface area contributed by atoms with Crippen molar-refractivity contribution in [2.24, 2.45) is 11.7 Å². The Bertz CT molecular complexity index is 30.9. The fourth-order valence-electron chi connectivity index (χ4n) is 0.0745. The molecule has 0 aromatic rings. The van der Waals surface area contributed by atoms with Crippen molar-refractivity contribution in [1.82, 2.24) is 0 Å². The SMILES string of the molecule is CC(CN)CO.S. The first-order chi connectivity index (χ1) is 2.81. The van der Waals surface area contributed by atoms with Crippen LogP contribution < -0.4 is 5.73 Å². The lowest BCUT2D eigenvalue weighted by Crippen LogP contribution is -2.13. The van der Waals surface area contributed by atoms with Crippen LogP contribution in [0.25, 0.3) is 0 Å². The van der Waals surface area contributed by atoms with Gasteiger partial charge in [-0.1, -0.05) is 6.92 Å². The van der Waals surface area contributed by atoms with Gasteiger partial charge in [0.1, 0.15) is 0 Å². The van der Waals surface area contributed by atoms with Crippen LogP contribution in [0.1, 0.15) is 6.92 Å². The minimum atomic E-state index is 0. The third-order valence-corrected chi connectivity index (χ3v) is 0.714. The van der Waals surface area contributed by atoms with Crippen LogP contribution in [0.4, 0.5) is 0 Å². The van der Waals surface area contributed by atoms with E-state index in [1.54, 1.807) is 0 Å². The van der Waals surface area contributed by atoms with Crippen molar-refractivity contribution in [2.45, 2.75) is 6.92 Å². The van der Waals surface area contributed by atoms with Gasteiger partial charge in [-0.2, -0.15) is 13.5 Å². The Balaban J connectivity index is 0. The molecule has 0 bridgehead atoms. The van der Waals surface area contributed by atoms with Crippen molar-refractivity contribution < 1.29 is 5.11 Å². The largest absolute Gasteiger partial charge is 0.396 e. The van der Waals surface area contributed by atoms with Crippen LogP contribution in [-0.2, 0) is 0 Å². The molecule has 1 unspecified atom stereocenters. The maximum absolute atomic E-state index is 8.25. The van der Waals surface area contributed by atoms with E-state index in [4.69, 9.17) is 10.8 Å². The van der Waals surface area contributed by atoms with Crippen LogP contribution in [0, 0.1) is 5.92 Å². The first-order valence-electron chi connectivity index (χ1n) is 2.12. The zero-order chi connectivity index (χ0) is 4.99. The van der Waals surface area contributed by atoms with E-state index in [9.17, 15) is 0 Å². The number of hydrogen-bond acceptors (Lipinski definition) is 2. The minimum Gasteiger partial charge on any atom is -0.396 e. The molecule has 0 aromatic carbocycles. The van der Waals surface area contributed by atoms with E-state index < -0.39 is 0 Å². The van der Waals surface area contributed by atoms with Crippen molar-refractivity contribution in [3.63, 3.8) is 0 Å². The number of nitrogens with two attached hydrogens (primary N) is 1. The second kappa shape index (κ2) is 6.27. The fourth-order valence-corrected chi connectivity index (χ4v) is 0.0745. The molecule has 0 radical (unpaired) electrons. The van der Waals surface area contributed by atoms with E-state index >= 15 is 0 Å². The summed E-state index contributed by atoms with van der Waals surface area (Å²) in [5.74, 6) is 0.269. The van der Waals surface area contributed by atoms with Crippen molar-refractivity contribution in [3.05, 3.63) is 0 Å². The molecule has 7 heavy (non-hydrogen) atoms. The van der Waals surface area contributed by atoms with Crippen molar-refractivity contribution in [3.8, 4) is 0 Å². The Morgan fingerprint density at radius 3 is 2.14 bits per heavy atom. The predicted molar refractivity (Wildman–Crippen MR) is 35.7 cm³/mol. The maximum atomic E-state index is 8.25. The lowest BCUT2D eigenvalue weighted by molar-refractivity contribution is 0.241. The summed E-state index contributed by atoms with van der Waals surface area (Å²) in [6.45, 7) is 2.69. The van der Waals surface area contributed by atoms with E-state index in [-0.39, 0.29) is 26.0 Å². The molecular formula is C4H13NOS. The van der Waals surface area contributed by atoms with E-state index in [2.05, 4.69) is 0 Å². The van der Waals surface area contributed by atoms with Gasteiger partial charge in [-0.15, -0.1) is 0 Å². The lowest BCUT2D eigenvalue weighted by Gasteiger charge is -1.98. The summed E-state index contributed by atoms with van der Waals surface area (Å²) in [6, 6.07) is 0. The van der Waals surface area contributed by atoms with Crippen LogP contribution >= 0.6 is 13.5 Å². The third kappa shape index (κ3) is 6.27. The average molecular weight is 123 g/mol. The van der Waals surface area contributed by atoms with Crippen molar-refractivity contribution in [1.29, 1.82) is 0 Å². The highest BCUT2D eigenvalue weighted by Crippen LogP contribution is 1.83. The molecule has 0 spiro atoms. The van der Waals surface area contributed by atoms with Crippen LogP contribution in [0.15, 0.2) is 0 Å². The molecule has 3 heteroatoms. The topological polar surface area (TPSA) is 46.2 Å². The van der Waals surface area contributed by atoms with Crippen LogP contribution in [0.2, 0.25) is 0 Å². The summed E-state index contributed by atoms with van der Waals surface area (Å²) in [5, 5.41) is 8.25. The standard InChI is InChI=1S/C4H11NO.H2S/c1-4(2-5)3-6;/h4,6H,2-3,5H2,1H3;1H2. The molecular weight excluding hydrogens is 110 g/mol. The smallest absolute Gasteiger partial charge is 0.0468 e. The summed E-state index contributed by atoms with van der Waals surface area (Å²) < 4.78 is 0. The van der Waals surface area contributed by atoms with Gasteiger partial charge in [0.15, 0.2) is 0 Å². The quantitative estimate of drug-likeness (QED) is 0.529. The highest BCUT2D eigenvalue weighted by Gasteiger charge is 1.90. The summed E-state index contributed by atoms with van der Waals surface area (Å²) in [6.07, 6.45) is 0.